The molecule has 0 spiro atoms. The van der Waals surface area contributed by atoms with Crippen LogP contribution in [0.15, 0.2) is 78.6 Å². The Morgan fingerprint density at radius 2 is 1.12 bits per heavy atom. The average Bonchev–Trinajstić information content (AvgIpc) is 2.85. The molecule has 0 amide bonds. The molecule has 0 radical (unpaired) electrons. The van der Waals surface area contributed by atoms with Gasteiger partial charge in [-0.05, 0) is 21.9 Å². The lowest BCUT2D eigenvalue weighted by Gasteiger charge is -2.17. The van der Waals surface area contributed by atoms with Crippen LogP contribution in [-0.2, 0) is 0 Å². The van der Waals surface area contributed by atoms with Gasteiger partial charge in [-0.3, -0.25) is 0 Å². The van der Waals surface area contributed by atoms with Crippen LogP contribution in [0.3, 0.4) is 0 Å². The number of benzene rings is 4. The van der Waals surface area contributed by atoms with E-state index in [0.717, 1.165) is 0 Å². The van der Waals surface area contributed by atoms with Gasteiger partial charge in [-0.15, -0.1) is 0 Å². The smallest absolute Gasteiger partial charge is 0.511 e. The van der Waals surface area contributed by atoms with E-state index in [2.05, 4.69) is 0 Å². The van der Waals surface area contributed by atoms with Crippen LogP contribution in [-0.4, -0.2) is 17.4 Å². The zero-order valence-electron chi connectivity index (χ0n) is 24.9. The molecule has 3 nitrogen and oxygen atoms in total. The Labute approximate surface area is 158 Å². The quantitative estimate of drug-likeness (QED) is 0.442. The summed E-state index contributed by atoms with van der Waals surface area (Å²) in [5, 5.41) is 17.1. The zero-order chi connectivity index (χ0) is 27.8. The SMILES string of the molecule is [2H]c1c([2H])c([2H])c(-c2c3c([2H])c([2H])c([2H])c([2H])c3c(OB(O)O)c3c([2H])c([2H])c([2H])c([2H])c23)c([2H])c1[2H]. The Morgan fingerprint density at radius 1 is 0.667 bits per heavy atom. The summed E-state index contributed by atoms with van der Waals surface area (Å²) in [7, 11) is -2.57. The summed E-state index contributed by atoms with van der Waals surface area (Å²) < 4.78 is 113. The van der Waals surface area contributed by atoms with Crippen LogP contribution in [0.1, 0.15) is 17.8 Å². The van der Waals surface area contributed by atoms with Gasteiger partial charge in [-0.2, -0.15) is 0 Å². The van der Waals surface area contributed by atoms with Crippen molar-refractivity contribution in [3.63, 3.8) is 0 Å². The summed E-state index contributed by atoms with van der Waals surface area (Å²) in [5.74, 6) is -0.713. The van der Waals surface area contributed by atoms with E-state index in [1.54, 1.807) is 0 Å². The van der Waals surface area contributed by atoms with Crippen molar-refractivity contribution in [2.45, 2.75) is 0 Å². The molecule has 0 aromatic heterocycles. The summed E-state index contributed by atoms with van der Waals surface area (Å²) in [6.07, 6.45) is 0. The van der Waals surface area contributed by atoms with E-state index >= 15 is 0 Å². The first-order chi connectivity index (χ1) is 17.1. The molecule has 0 atom stereocenters. The lowest BCUT2D eigenvalue weighted by Crippen LogP contribution is -2.21. The molecule has 0 heterocycles. The van der Waals surface area contributed by atoms with Crippen LogP contribution < -0.4 is 4.65 Å². The Bertz CT molecular complexity index is 1560. The molecule has 24 heavy (non-hydrogen) atoms. The molecule has 0 saturated carbocycles. The molecule has 0 aliphatic rings. The molecule has 0 bridgehead atoms. The molecule has 0 unspecified atom stereocenters. The van der Waals surface area contributed by atoms with Gasteiger partial charge in [0.25, 0.3) is 0 Å². The fourth-order valence-corrected chi connectivity index (χ4v) is 2.44. The third-order valence-electron chi connectivity index (χ3n) is 3.30. The topological polar surface area (TPSA) is 49.7 Å². The van der Waals surface area contributed by atoms with Crippen LogP contribution in [0.5, 0.6) is 5.75 Å². The molecular weight excluding hydrogens is 299 g/mol. The Kier molecular flexibility index (Phi) is 1.56. The van der Waals surface area contributed by atoms with Gasteiger partial charge in [0.05, 0.1) is 17.8 Å². The Morgan fingerprint density at radius 3 is 1.62 bits per heavy atom. The fraction of sp³-hybridized carbons (Fsp3) is 0. The zero-order valence-corrected chi connectivity index (χ0v) is 11.9. The van der Waals surface area contributed by atoms with Crippen LogP contribution in [0.2, 0.25) is 0 Å². The summed E-state index contributed by atoms with van der Waals surface area (Å²) in [6.45, 7) is 0. The normalized spacial score (nSPS) is 18.5. The van der Waals surface area contributed by atoms with Crippen LogP contribution in [0.25, 0.3) is 32.7 Å². The van der Waals surface area contributed by atoms with Crippen LogP contribution in [0, 0.1) is 0 Å². The molecule has 0 fully saturated rings. The predicted molar refractivity (Wildman–Crippen MR) is 97.7 cm³/mol. The van der Waals surface area contributed by atoms with Gasteiger partial charge in [0, 0.05) is 10.8 Å². The maximum Gasteiger partial charge on any atom is 0.707 e. The molecule has 4 aromatic rings. The first-order valence-electron chi connectivity index (χ1n) is 13.2. The summed E-state index contributed by atoms with van der Waals surface area (Å²) >= 11 is 0. The molecule has 4 rings (SSSR count). The molecular formula is C20H15BO3. The van der Waals surface area contributed by atoms with Gasteiger partial charge in [0.15, 0.2) is 0 Å². The highest BCUT2D eigenvalue weighted by atomic mass is 16.6. The van der Waals surface area contributed by atoms with Crippen molar-refractivity contribution >= 4 is 28.9 Å². The number of hydrogen-bond acceptors (Lipinski definition) is 3. The molecule has 4 heteroatoms. The van der Waals surface area contributed by atoms with Gasteiger partial charge in [-0.1, -0.05) is 78.6 Å². The highest BCUT2D eigenvalue weighted by Crippen LogP contribution is 2.42. The molecule has 116 valence electrons. The predicted octanol–water partition coefficient (Wildman–Crippen LogP) is 4.01. The van der Waals surface area contributed by atoms with Gasteiger partial charge >= 0.3 is 7.32 Å². The van der Waals surface area contributed by atoms with Crippen molar-refractivity contribution in [3.8, 4) is 16.9 Å². The minimum Gasteiger partial charge on any atom is -0.511 e. The second-order valence-corrected chi connectivity index (χ2v) is 4.65. The molecule has 0 aliphatic carbocycles. The van der Waals surface area contributed by atoms with E-state index in [1.807, 2.05) is 0 Å². The largest absolute Gasteiger partial charge is 0.707 e. The maximum absolute atomic E-state index is 9.59. The maximum atomic E-state index is 9.59. The monoisotopic (exact) mass is 327 g/mol. The van der Waals surface area contributed by atoms with Crippen LogP contribution in [0.4, 0.5) is 0 Å². The van der Waals surface area contributed by atoms with Gasteiger partial charge in [0.1, 0.15) is 5.75 Å². The summed E-state index contributed by atoms with van der Waals surface area (Å²) in [4.78, 5) is 0. The highest BCUT2D eigenvalue weighted by Gasteiger charge is 2.19. The van der Waals surface area contributed by atoms with Crippen molar-refractivity contribution < 1.29 is 32.5 Å². The van der Waals surface area contributed by atoms with E-state index in [1.165, 1.54) is 0 Å². The number of hydrogen-bond donors (Lipinski definition) is 2. The van der Waals surface area contributed by atoms with Crippen molar-refractivity contribution in [1.82, 2.24) is 0 Å². The number of rotatable bonds is 3. The molecule has 0 saturated heterocycles. The van der Waals surface area contributed by atoms with Crippen molar-refractivity contribution in [1.29, 1.82) is 0 Å². The van der Waals surface area contributed by atoms with Crippen LogP contribution >= 0.6 is 0 Å². The summed E-state index contributed by atoms with van der Waals surface area (Å²) in [6, 6.07) is -10.2. The molecule has 0 aliphatic heterocycles. The van der Waals surface area contributed by atoms with Gasteiger partial charge in [0.2, 0.25) is 0 Å². The lowest BCUT2D eigenvalue weighted by atomic mass is 9.91. The van der Waals surface area contributed by atoms with E-state index in [-0.39, 0.29) is 0 Å². The fourth-order valence-electron chi connectivity index (χ4n) is 2.44. The van der Waals surface area contributed by atoms with Crippen molar-refractivity contribution in [2.75, 3.05) is 0 Å². The van der Waals surface area contributed by atoms with E-state index in [0.29, 0.717) is 0 Å². The average molecular weight is 327 g/mol. The third kappa shape index (κ3) is 2.42. The first kappa shape index (κ1) is 6.24. The second kappa shape index (κ2) is 6.00. The minimum atomic E-state index is -2.57. The standard InChI is InChI=1S/C20H15BO3/c22-21(23)24-20-17-12-6-4-10-15(17)19(14-8-2-1-3-9-14)16-11-5-7-13-18(16)20/h1-13,22-23H/i1D,2D,3D,4D,5D,6D,7D,8D,9D,10D,11D,12D,13D. The lowest BCUT2D eigenvalue weighted by molar-refractivity contribution is 0.291. The minimum absolute atomic E-state index is 0.485. The van der Waals surface area contributed by atoms with E-state index < -0.39 is 124 Å². The molecule has 4 aromatic carbocycles. The van der Waals surface area contributed by atoms with Gasteiger partial charge in [-0.25, -0.2) is 0 Å². The highest BCUT2D eigenvalue weighted by molar-refractivity contribution is 6.35. The third-order valence-corrected chi connectivity index (χ3v) is 3.30. The Hall–Kier alpha value is -2.82. The van der Waals surface area contributed by atoms with E-state index in [9.17, 15) is 10.0 Å². The Balaban J connectivity index is 2.56. The number of fused-ring (bicyclic) bond motifs is 2. The van der Waals surface area contributed by atoms with Crippen molar-refractivity contribution in [3.05, 3.63) is 78.6 Å². The molecule has 2 N–H and O–H groups in total. The first-order valence-corrected chi connectivity index (χ1v) is 6.71. The summed E-state index contributed by atoms with van der Waals surface area (Å²) in [5.41, 5.74) is -1.06. The second-order valence-electron chi connectivity index (χ2n) is 4.65. The van der Waals surface area contributed by atoms with Crippen molar-refractivity contribution in [2.24, 2.45) is 0 Å². The van der Waals surface area contributed by atoms with Gasteiger partial charge < -0.3 is 14.7 Å². The van der Waals surface area contributed by atoms with E-state index in [4.69, 9.17) is 22.5 Å².